The summed E-state index contributed by atoms with van der Waals surface area (Å²) in [6.07, 6.45) is 1.02. The van der Waals surface area contributed by atoms with Crippen molar-refractivity contribution in [1.29, 1.82) is 0 Å². The van der Waals surface area contributed by atoms with Gasteiger partial charge in [-0.25, -0.2) is 4.39 Å². The van der Waals surface area contributed by atoms with E-state index in [2.05, 4.69) is 0 Å². The van der Waals surface area contributed by atoms with Gasteiger partial charge in [-0.05, 0) is 30.5 Å². The number of nitrogens with zero attached hydrogens (tertiary/aromatic N) is 1. The van der Waals surface area contributed by atoms with Gasteiger partial charge in [0.25, 0.3) is 0 Å². The molecule has 5 heteroatoms. The molecule has 3 rings (SSSR count). The molecule has 0 bridgehead atoms. The molecule has 2 heterocycles. The van der Waals surface area contributed by atoms with Gasteiger partial charge >= 0.3 is 0 Å². The molecule has 1 N–H and O–H groups in total. The van der Waals surface area contributed by atoms with Crippen molar-refractivity contribution in [3.8, 4) is 0 Å². The minimum absolute atomic E-state index is 0.000387. The number of carbonyl (C=O) groups excluding carboxylic acids is 1. The molecule has 1 aromatic carbocycles. The normalized spacial score (nSPS) is 26.5. The lowest BCUT2D eigenvalue weighted by Gasteiger charge is -2.23. The van der Waals surface area contributed by atoms with Gasteiger partial charge in [-0.3, -0.25) is 4.79 Å². The number of rotatable bonds is 3. The number of benzene rings is 1. The first-order chi connectivity index (χ1) is 10.1. The first kappa shape index (κ1) is 14.5. The lowest BCUT2D eigenvalue weighted by atomic mass is 9.87. The van der Waals surface area contributed by atoms with Gasteiger partial charge in [-0.1, -0.05) is 12.1 Å². The fourth-order valence-electron chi connectivity index (χ4n) is 3.25. The molecule has 2 aliphatic heterocycles. The summed E-state index contributed by atoms with van der Waals surface area (Å²) in [6, 6.07) is 5.77. The van der Waals surface area contributed by atoms with Crippen LogP contribution in [0.15, 0.2) is 24.3 Å². The molecule has 1 spiro atoms. The summed E-state index contributed by atoms with van der Waals surface area (Å²) in [5.41, 5.74) is 0.570. The molecule has 0 saturated carbocycles. The van der Waals surface area contributed by atoms with Gasteiger partial charge in [0.1, 0.15) is 5.82 Å². The summed E-state index contributed by atoms with van der Waals surface area (Å²) in [6.45, 7) is 2.93. The largest absolute Gasteiger partial charge is 0.388 e. The van der Waals surface area contributed by atoms with Crippen LogP contribution in [-0.4, -0.2) is 42.2 Å². The molecule has 114 valence electrons. The number of amides is 1. The third-order valence-corrected chi connectivity index (χ3v) is 4.58. The van der Waals surface area contributed by atoms with Crippen molar-refractivity contribution in [2.24, 2.45) is 5.41 Å². The Balaban J connectivity index is 1.59. The van der Waals surface area contributed by atoms with Crippen LogP contribution in [-0.2, 0) is 9.53 Å². The van der Waals surface area contributed by atoms with Gasteiger partial charge in [-0.15, -0.1) is 0 Å². The van der Waals surface area contributed by atoms with Crippen LogP contribution in [0.5, 0.6) is 0 Å². The highest BCUT2D eigenvalue weighted by Crippen LogP contribution is 2.38. The van der Waals surface area contributed by atoms with Crippen molar-refractivity contribution < 1.29 is 19.0 Å². The molecule has 0 aliphatic carbocycles. The average Bonchev–Trinajstić information content (AvgIpc) is 3.09. The molecule has 21 heavy (non-hydrogen) atoms. The van der Waals surface area contributed by atoms with Crippen molar-refractivity contribution in [3.63, 3.8) is 0 Å². The first-order valence-electron chi connectivity index (χ1n) is 7.37. The van der Waals surface area contributed by atoms with E-state index < -0.39 is 11.9 Å². The maximum Gasteiger partial charge on any atom is 0.225 e. The van der Waals surface area contributed by atoms with E-state index in [9.17, 15) is 14.3 Å². The lowest BCUT2D eigenvalue weighted by molar-refractivity contribution is -0.132. The van der Waals surface area contributed by atoms with Gasteiger partial charge in [-0.2, -0.15) is 0 Å². The molecule has 0 aromatic heterocycles. The van der Waals surface area contributed by atoms with Gasteiger partial charge in [0, 0.05) is 25.1 Å². The predicted octanol–water partition coefficient (Wildman–Crippen LogP) is 1.89. The van der Waals surface area contributed by atoms with E-state index in [0.717, 1.165) is 32.6 Å². The third kappa shape index (κ3) is 3.09. The van der Waals surface area contributed by atoms with Gasteiger partial charge in [0.05, 0.1) is 19.1 Å². The second-order valence-corrected chi connectivity index (χ2v) is 6.14. The maximum absolute atomic E-state index is 13.1. The van der Waals surface area contributed by atoms with E-state index in [0.29, 0.717) is 12.1 Å². The topological polar surface area (TPSA) is 49.8 Å². The zero-order chi connectivity index (χ0) is 14.9. The van der Waals surface area contributed by atoms with Crippen molar-refractivity contribution in [1.82, 2.24) is 4.90 Å². The molecule has 2 aliphatic rings. The molecule has 1 aromatic rings. The SMILES string of the molecule is O=C(CC(O)c1cccc(F)c1)N1CCC2(CCOC2)C1. The zero-order valence-electron chi connectivity index (χ0n) is 11.9. The van der Waals surface area contributed by atoms with Crippen molar-refractivity contribution >= 4 is 5.91 Å². The van der Waals surface area contributed by atoms with Crippen LogP contribution in [0.2, 0.25) is 0 Å². The number of likely N-dealkylation sites (tertiary alicyclic amines) is 1. The fraction of sp³-hybridized carbons (Fsp3) is 0.562. The lowest BCUT2D eigenvalue weighted by Crippen LogP contribution is -2.33. The van der Waals surface area contributed by atoms with Crippen molar-refractivity contribution in [2.75, 3.05) is 26.3 Å². The number of ether oxygens (including phenoxy) is 1. The highest BCUT2D eigenvalue weighted by molar-refractivity contribution is 5.77. The molecule has 2 fully saturated rings. The van der Waals surface area contributed by atoms with Crippen LogP contribution >= 0.6 is 0 Å². The van der Waals surface area contributed by atoms with Crippen LogP contribution < -0.4 is 0 Å². The molecule has 4 nitrogen and oxygen atoms in total. The molecule has 0 radical (unpaired) electrons. The smallest absolute Gasteiger partial charge is 0.225 e. The van der Waals surface area contributed by atoms with Gasteiger partial charge in [0.15, 0.2) is 0 Å². The zero-order valence-corrected chi connectivity index (χ0v) is 11.9. The van der Waals surface area contributed by atoms with Crippen LogP contribution in [0.1, 0.15) is 30.9 Å². The Kier molecular flexibility index (Phi) is 3.95. The minimum atomic E-state index is -0.954. The van der Waals surface area contributed by atoms with E-state index in [1.807, 2.05) is 0 Å². The van der Waals surface area contributed by atoms with Crippen LogP contribution in [0.3, 0.4) is 0 Å². The predicted molar refractivity (Wildman–Crippen MR) is 75.0 cm³/mol. The summed E-state index contributed by atoms with van der Waals surface area (Å²) in [5, 5.41) is 10.1. The Bertz CT molecular complexity index is 528. The Labute approximate surface area is 123 Å². The molecule has 2 atom stereocenters. The van der Waals surface area contributed by atoms with Crippen LogP contribution in [0, 0.1) is 11.2 Å². The summed E-state index contributed by atoms with van der Waals surface area (Å²) in [7, 11) is 0. The number of aliphatic hydroxyl groups excluding tert-OH is 1. The van der Waals surface area contributed by atoms with E-state index in [-0.39, 0.29) is 17.7 Å². The standard InChI is InChI=1S/C16H20FNO3/c17-13-3-1-2-12(8-13)14(19)9-15(20)18-6-4-16(10-18)5-7-21-11-16/h1-3,8,14,19H,4-7,9-11H2. The van der Waals surface area contributed by atoms with Gasteiger partial charge < -0.3 is 14.7 Å². The quantitative estimate of drug-likeness (QED) is 0.926. The van der Waals surface area contributed by atoms with Crippen LogP contribution in [0.25, 0.3) is 0 Å². The van der Waals surface area contributed by atoms with Crippen molar-refractivity contribution in [2.45, 2.75) is 25.4 Å². The third-order valence-electron chi connectivity index (χ3n) is 4.58. The Morgan fingerprint density at radius 1 is 1.48 bits per heavy atom. The van der Waals surface area contributed by atoms with Crippen molar-refractivity contribution in [3.05, 3.63) is 35.6 Å². The first-order valence-corrected chi connectivity index (χ1v) is 7.37. The number of aliphatic hydroxyl groups is 1. The number of hydrogen-bond donors (Lipinski definition) is 1. The molecular weight excluding hydrogens is 273 g/mol. The number of carbonyl (C=O) groups is 1. The second kappa shape index (κ2) is 5.73. The highest BCUT2D eigenvalue weighted by Gasteiger charge is 2.42. The Hall–Kier alpha value is -1.46. The second-order valence-electron chi connectivity index (χ2n) is 6.14. The maximum atomic E-state index is 13.1. The Morgan fingerprint density at radius 3 is 3.05 bits per heavy atom. The molecule has 1 amide bonds. The molecule has 2 saturated heterocycles. The minimum Gasteiger partial charge on any atom is -0.388 e. The summed E-state index contributed by atoms with van der Waals surface area (Å²) in [4.78, 5) is 14.1. The van der Waals surface area contributed by atoms with Gasteiger partial charge in [0.2, 0.25) is 5.91 Å². The van der Waals surface area contributed by atoms with E-state index in [1.165, 1.54) is 12.1 Å². The van der Waals surface area contributed by atoms with Crippen LogP contribution in [0.4, 0.5) is 4.39 Å². The average molecular weight is 293 g/mol. The van der Waals surface area contributed by atoms with E-state index in [1.54, 1.807) is 17.0 Å². The number of halogens is 1. The summed E-state index contributed by atoms with van der Waals surface area (Å²) in [5.74, 6) is -0.474. The van der Waals surface area contributed by atoms with E-state index in [4.69, 9.17) is 4.74 Å². The number of hydrogen-bond acceptors (Lipinski definition) is 3. The Morgan fingerprint density at radius 2 is 2.33 bits per heavy atom. The summed E-state index contributed by atoms with van der Waals surface area (Å²) < 4.78 is 18.6. The molecule has 2 unspecified atom stereocenters. The molecular formula is C16H20FNO3. The monoisotopic (exact) mass is 293 g/mol. The van der Waals surface area contributed by atoms with E-state index >= 15 is 0 Å². The highest BCUT2D eigenvalue weighted by atomic mass is 19.1. The summed E-state index contributed by atoms with van der Waals surface area (Å²) >= 11 is 0. The fourth-order valence-corrected chi connectivity index (χ4v) is 3.25.